The summed E-state index contributed by atoms with van der Waals surface area (Å²) in [6.45, 7) is 8.06. The Hall–Kier alpha value is -1.69. The van der Waals surface area contributed by atoms with Gasteiger partial charge in [0.15, 0.2) is 0 Å². The van der Waals surface area contributed by atoms with Crippen molar-refractivity contribution in [3.05, 3.63) is 58.3 Å². The number of thiophene rings is 1. The topological polar surface area (TPSA) is 29.2 Å². The van der Waals surface area contributed by atoms with Crippen LogP contribution in [-0.2, 0) is 6.54 Å². The van der Waals surface area contributed by atoms with Crippen LogP contribution in [-0.4, -0.2) is 56.1 Å². The fourth-order valence-corrected chi connectivity index (χ4v) is 5.13. The summed E-state index contributed by atoms with van der Waals surface area (Å²) in [6, 6.07) is 15.5. The van der Waals surface area contributed by atoms with Crippen LogP contribution in [0.25, 0.3) is 0 Å². The zero-order valence-electron chi connectivity index (χ0n) is 15.3. The van der Waals surface area contributed by atoms with Gasteiger partial charge in [0.05, 0.1) is 10.9 Å². The van der Waals surface area contributed by atoms with E-state index in [0.717, 1.165) is 43.4 Å². The van der Waals surface area contributed by atoms with E-state index in [-0.39, 0.29) is 5.91 Å². The number of carbonyl (C=O) groups excluding carboxylic acids is 1. The number of benzene rings is 1. The van der Waals surface area contributed by atoms with Crippen molar-refractivity contribution >= 4 is 17.2 Å². The average molecular weight is 372 g/mol. The number of rotatable bonds is 4. The molecule has 2 saturated heterocycles. The van der Waals surface area contributed by atoms with Gasteiger partial charge >= 0.3 is 0 Å². The van der Waals surface area contributed by atoms with E-state index in [1.807, 2.05) is 17.5 Å². The Morgan fingerprint density at radius 2 is 1.73 bits per heavy atom. The predicted molar refractivity (Wildman–Crippen MR) is 105 cm³/mol. The van der Waals surface area contributed by atoms with Crippen LogP contribution < -0.4 is 9.80 Å². The number of amides is 1. The Labute approximate surface area is 160 Å². The van der Waals surface area contributed by atoms with Gasteiger partial charge in [0.2, 0.25) is 0 Å². The molecule has 0 atom stereocenters. The third-order valence-electron chi connectivity index (χ3n) is 5.99. The quantitative estimate of drug-likeness (QED) is 0.797. The van der Waals surface area contributed by atoms with Gasteiger partial charge in [0.25, 0.3) is 5.91 Å². The molecule has 1 aromatic heterocycles. The summed E-state index contributed by atoms with van der Waals surface area (Å²) in [7, 11) is 0. The molecule has 138 valence electrons. The Morgan fingerprint density at radius 3 is 2.38 bits per heavy atom. The number of hydrogen-bond donors (Lipinski definition) is 2. The molecule has 4 rings (SSSR count). The van der Waals surface area contributed by atoms with E-state index in [4.69, 9.17) is 0 Å². The van der Waals surface area contributed by atoms with Crippen LogP contribution in [0, 0.1) is 0 Å². The van der Waals surface area contributed by atoms with Crippen molar-refractivity contribution in [3.63, 3.8) is 0 Å². The molecule has 0 saturated carbocycles. The lowest BCUT2D eigenvalue weighted by atomic mass is 10.0. The summed E-state index contributed by atoms with van der Waals surface area (Å²) in [5.41, 5.74) is 1.45. The largest absolute Gasteiger partial charge is 0.337 e. The molecule has 2 fully saturated rings. The Morgan fingerprint density at radius 1 is 1.00 bits per heavy atom. The highest BCUT2D eigenvalue weighted by Gasteiger charge is 2.33. The first-order valence-corrected chi connectivity index (χ1v) is 10.7. The van der Waals surface area contributed by atoms with Crippen LogP contribution in [0.5, 0.6) is 0 Å². The second kappa shape index (κ2) is 8.33. The van der Waals surface area contributed by atoms with Gasteiger partial charge in [0, 0.05) is 31.5 Å². The smallest absolute Gasteiger partial charge is 0.263 e. The number of piperidine rings is 1. The summed E-state index contributed by atoms with van der Waals surface area (Å²) in [5, 5.41) is 1.99. The molecule has 26 heavy (non-hydrogen) atoms. The minimum absolute atomic E-state index is 0.227. The number of carbonyl (C=O) groups is 1. The molecule has 2 aromatic rings. The molecule has 5 heteroatoms. The van der Waals surface area contributed by atoms with E-state index in [9.17, 15) is 4.79 Å². The van der Waals surface area contributed by atoms with E-state index in [1.54, 1.807) is 21.1 Å². The molecule has 1 aromatic carbocycles. The molecule has 1 amide bonds. The highest BCUT2D eigenvalue weighted by molar-refractivity contribution is 7.12. The normalized spacial score (nSPS) is 24.5. The molecular formula is C21H29N3OS+2. The SMILES string of the molecule is O=C(c1cccs1)N1CCC([NH+]2CC[NH+](Cc3ccccc3)CC2)CC1. The molecule has 0 unspecified atom stereocenters. The van der Waals surface area contributed by atoms with Crippen molar-refractivity contribution in [1.82, 2.24) is 4.90 Å². The molecule has 0 bridgehead atoms. The van der Waals surface area contributed by atoms with Crippen LogP contribution >= 0.6 is 11.3 Å². The summed E-state index contributed by atoms with van der Waals surface area (Å²) >= 11 is 1.56. The third kappa shape index (κ3) is 4.17. The number of hydrogen-bond acceptors (Lipinski definition) is 2. The van der Waals surface area contributed by atoms with Crippen molar-refractivity contribution in [3.8, 4) is 0 Å². The van der Waals surface area contributed by atoms with E-state index in [1.165, 1.54) is 31.7 Å². The predicted octanol–water partition coefficient (Wildman–Crippen LogP) is 0.336. The molecule has 0 spiro atoms. The fourth-order valence-electron chi connectivity index (χ4n) is 4.44. The summed E-state index contributed by atoms with van der Waals surface area (Å²) in [6.07, 6.45) is 2.31. The first kappa shape index (κ1) is 17.7. The summed E-state index contributed by atoms with van der Waals surface area (Å²) < 4.78 is 0. The molecule has 0 aliphatic carbocycles. The number of nitrogens with zero attached hydrogens (tertiary/aromatic N) is 1. The molecule has 2 N–H and O–H groups in total. The van der Waals surface area contributed by atoms with Crippen LogP contribution in [0.3, 0.4) is 0 Å². The van der Waals surface area contributed by atoms with Crippen LogP contribution in [0.4, 0.5) is 0 Å². The van der Waals surface area contributed by atoms with Gasteiger partial charge in [0.1, 0.15) is 32.7 Å². The number of quaternary nitrogens is 2. The maximum absolute atomic E-state index is 12.5. The second-order valence-corrected chi connectivity index (χ2v) is 8.56. The Kier molecular flexibility index (Phi) is 5.68. The lowest BCUT2D eigenvalue weighted by Crippen LogP contribution is -3.29. The number of piperazine rings is 1. The molecular weight excluding hydrogens is 342 g/mol. The maximum Gasteiger partial charge on any atom is 0.263 e. The fraction of sp³-hybridized carbons (Fsp3) is 0.476. The summed E-state index contributed by atoms with van der Waals surface area (Å²) in [5.74, 6) is 0.227. The first-order chi connectivity index (χ1) is 12.8. The van der Waals surface area contributed by atoms with Gasteiger partial charge in [-0.1, -0.05) is 36.4 Å². The summed E-state index contributed by atoms with van der Waals surface area (Å²) in [4.78, 5) is 18.9. The molecule has 0 radical (unpaired) electrons. The van der Waals surface area contributed by atoms with Crippen molar-refractivity contribution in [2.24, 2.45) is 0 Å². The molecule has 2 aliphatic rings. The minimum atomic E-state index is 0.227. The average Bonchev–Trinajstić information content (AvgIpc) is 3.24. The molecule has 2 aliphatic heterocycles. The molecule has 3 heterocycles. The monoisotopic (exact) mass is 371 g/mol. The third-order valence-corrected chi connectivity index (χ3v) is 6.85. The highest BCUT2D eigenvalue weighted by atomic mass is 32.1. The van der Waals surface area contributed by atoms with Crippen LogP contribution in [0.1, 0.15) is 28.1 Å². The zero-order chi connectivity index (χ0) is 17.8. The van der Waals surface area contributed by atoms with E-state index in [0.29, 0.717) is 0 Å². The first-order valence-electron chi connectivity index (χ1n) is 9.84. The van der Waals surface area contributed by atoms with E-state index >= 15 is 0 Å². The highest BCUT2D eigenvalue weighted by Crippen LogP contribution is 2.16. The van der Waals surface area contributed by atoms with Gasteiger partial charge in [-0.25, -0.2) is 0 Å². The number of likely N-dealkylation sites (tertiary alicyclic amines) is 1. The lowest BCUT2D eigenvalue weighted by Gasteiger charge is -2.39. The van der Waals surface area contributed by atoms with Gasteiger partial charge in [-0.05, 0) is 11.4 Å². The van der Waals surface area contributed by atoms with Crippen molar-refractivity contribution < 1.29 is 14.6 Å². The van der Waals surface area contributed by atoms with Crippen molar-refractivity contribution in [2.45, 2.75) is 25.4 Å². The minimum Gasteiger partial charge on any atom is -0.337 e. The molecule has 4 nitrogen and oxygen atoms in total. The Balaban J connectivity index is 1.23. The van der Waals surface area contributed by atoms with Gasteiger partial charge in [-0.2, -0.15) is 0 Å². The second-order valence-electron chi connectivity index (χ2n) is 7.61. The van der Waals surface area contributed by atoms with E-state index in [2.05, 4.69) is 35.2 Å². The van der Waals surface area contributed by atoms with E-state index < -0.39 is 0 Å². The Bertz CT molecular complexity index is 687. The van der Waals surface area contributed by atoms with Crippen molar-refractivity contribution in [2.75, 3.05) is 39.3 Å². The van der Waals surface area contributed by atoms with Crippen LogP contribution in [0.2, 0.25) is 0 Å². The van der Waals surface area contributed by atoms with Gasteiger partial charge in [-0.3, -0.25) is 4.79 Å². The lowest BCUT2D eigenvalue weighted by molar-refractivity contribution is -1.03. The zero-order valence-corrected chi connectivity index (χ0v) is 16.1. The standard InChI is InChI=1S/C21H27N3OS/c25-21(20-7-4-16-26-20)24-10-8-19(9-11-24)23-14-12-22(13-15-23)17-18-5-2-1-3-6-18/h1-7,16,19H,8-15,17H2/p+2. The van der Waals surface area contributed by atoms with Gasteiger partial charge < -0.3 is 14.7 Å². The van der Waals surface area contributed by atoms with Crippen molar-refractivity contribution in [1.29, 1.82) is 0 Å². The van der Waals surface area contributed by atoms with Crippen LogP contribution in [0.15, 0.2) is 47.8 Å². The van der Waals surface area contributed by atoms with Gasteiger partial charge in [-0.15, -0.1) is 11.3 Å². The number of nitrogens with one attached hydrogen (secondary N) is 2. The maximum atomic E-state index is 12.5.